The second kappa shape index (κ2) is 7.95. The topological polar surface area (TPSA) is 93.0 Å². The number of benzene rings is 3. The molecular weight excluding hydrogens is 420 g/mol. The molecule has 1 fully saturated rings. The molecule has 0 bridgehead atoms. The molecule has 4 aromatic rings. The zero-order valence-corrected chi connectivity index (χ0v) is 18.3. The number of hydrogen-bond acceptors (Lipinski definition) is 3. The molecule has 2 atom stereocenters. The normalized spacial score (nSPS) is 20.2. The molecule has 1 aliphatic rings. The van der Waals surface area contributed by atoms with E-state index in [2.05, 4.69) is 11.1 Å². The van der Waals surface area contributed by atoms with Gasteiger partial charge in [0.2, 0.25) is 0 Å². The molecule has 0 saturated carbocycles. The number of fused-ring (bicyclic) bond motifs is 1. The van der Waals surface area contributed by atoms with Crippen LogP contribution in [0.4, 0.5) is 0 Å². The molecule has 162 valence electrons. The van der Waals surface area contributed by atoms with E-state index < -0.39 is 21.0 Å². The van der Waals surface area contributed by atoms with Crippen molar-refractivity contribution in [3.8, 4) is 11.1 Å². The van der Waals surface area contributed by atoms with Crippen LogP contribution in [0.3, 0.4) is 0 Å². The minimum atomic E-state index is -3.21. The third-order valence-corrected chi connectivity index (χ3v) is 8.62. The lowest BCUT2D eigenvalue weighted by Crippen LogP contribution is -2.26. The Morgan fingerprint density at radius 2 is 1.62 bits per heavy atom. The van der Waals surface area contributed by atoms with Gasteiger partial charge in [0, 0.05) is 11.6 Å². The van der Waals surface area contributed by atoms with E-state index in [1.807, 2.05) is 72.9 Å². The van der Waals surface area contributed by atoms with Gasteiger partial charge < -0.3 is 10.7 Å². The van der Waals surface area contributed by atoms with Crippen LogP contribution in [-0.2, 0) is 9.84 Å². The third kappa shape index (κ3) is 3.60. The number of primary amides is 1. The molecule has 3 aromatic carbocycles. The van der Waals surface area contributed by atoms with Crippen molar-refractivity contribution in [1.82, 2.24) is 4.98 Å². The van der Waals surface area contributed by atoms with Crippen molar-refractivity contribution in [3.05, 3.63) is 95.7 Å². The molecule has 1 aliphatic heterocycles. The number of nitrogens with two attached hydrogens (primary N) is 1. The molecule has 1 amide bonds. The maximum Gasteiger partial charge on any atom is 0.250 e. The molecule has 3 N–H and O–H groups in total. The van der Waals surface area contributed by atoms with Gasteiger partial charge in [0.25, 0.3) is 5.91 Å². The highest BCUT2D eigenvalue weighted by atomic mass is 32.2. The Labute approximate surface area is 187 Å². The Hall–Kier alpha value is -3.38. The molecule has 2 heterocycles. The average molecular weight is 445 g/mol. The van der Waals surface area contributed by atoms with Gasteiger partial charge in [0.05, 0.1) is 22.1 Å². The smallest absolute Gasteiger partial charge is 0.250 e. The second-order valence-corrected chi connectivity index (χ2v) is 10.7. The van der Waals surface area contributed by atoms with Crippen LogP contribution in [0.2, 0.25) is 0 Å². The summed E-state index contributed by atoms with van der Waals surface area (Å²) in [6.45, 7) is 0. The van der Waals surface area contributed by atoms with Crippen LogP contribution in [0.25, 0.3) is 22.0 Å². The predicted octanol–water partition coefficient (Wildman–Crippen LogP) is 4.97. The maximum absolute atomic E-state index is 12.9. The van der Waals surface area contributed by atoms with Gasteiger partial charge in [-0.05, 0) is 53.1 Å². The lowest BCUT2D eigenvalue weighted by Gasteiger charge is -2.29. The van der Waals surface area contributed by atoms with Crippen molar-refractivity contribution in [2.75, 3.05) is 5.75 Å². The number of amides is 1. The highest BCUT2D eigenvalue weighted by Crippen LogP contribution is 2.44. The van der Waals surface area contributed by atoms with Crippen molar-refractivity contribution in [2.24, 2.45) is 5.73 Å². The number of rotatable bonds is 4. The zero-order chi connectivity index (χ0) is 22.3. The van der Waals surface area contributed by atoms with Gasteiger partial charge in [-0.15, -0.1) is 0 Å². The number of aromatic nitrogens is 1. The summed E-state index contributed by atoms with van der Waals surface area (Å²) < 4.78 is 25.7. The summed E-state index contributed by atoms with van der Waals surface area (Å²) in [4.78, 5) is 15.5. The van der Waals surface area contributed by atoms with Crippen molar-refractivity contribution in [3.63, 3.8) is 0 Å². The lowest BCUT2D eigenvalue weighted by molar-refractivity contribution is 0.100. The van der Waals surface area contributed by atoms with Gasteiger partial charge in [0.15, 0.2) is 9.84 Å². The molecule has 1 aromatic heterocycles. The summed E-state index contributed by atoms with van der Waals surface area (Å²) in [5.74, 6) is -0.288. The zero-order valence-electron chi connectivity index (χ0n) is 17.5. The predicted molar refractivity (Wildman–Crippen MR) is 127 cm³/mol. The monoisotopic (exact) mass is 444 g/mol. The van der Waals surface area contributed by atoms with Crippen LogP contribution in [0, 0.1) is 0 Å². The van der Waals surface area contributed by atoms with Crippen molar-refractivity contribution < 1.29 is 13.2 Å². The minimum Gasteiger partial charge on any atom is -0.366 e. The summed E-state index contributed by atoms with van der Waals surface area (Å²) in [5, 5.41) is 0.400. The van der Waals surface area contributed by atoms with E-state index in [1.54, 1.807) is 0 Å². The molecular formula is C26H24N2O3S. The first kappa shape index (κ1) is 20.5. The van der Waals surface area contributed by atoms with Gasteiger partial charge in [-0.3, -0.25) is 4.79 Å². The minimum absolute atomic E-state index is 0.0595. The van der Waals surface area contributed by atoms with Crippen LogP contribution in [0.15, 0.2) is 79.0 Å². The first-order chi connectivity index (χ1) is 15.4. The fourth-order valence-corrected chi connectivity index (χ4v) is 6.84. The quantitative estimate of drug-likeness (QED) is 0.465. The van der Waals surface area contributed by atoms with Gasteiger partial charge in [-0.2, -0.15) is 0 Å². The van der Waals surface area contributed by atoms with E-state index in [4.69, 9.17) is 5.73 Å². The van der Waals surface area contributed by atoms with E-state index >= 15 is 0 Å². The lowest BCUT2D eigenvalue weighted by atomic mass is 9.88. The van der Waals surface area contributed by atoms with Crippen molar-refractivity contribution in [1.29, 1.82) is 0 Å². The Kier molecular flexibility index (Phi) is 5.10. The number of hydrogen-bond donors (Lipinski definition) is 2. The van der Waals surface area contributed by atoms with E-state index in [-0.39, 0.29) is 11.7 Å². The molecule has 5 rings (SSSR count). The average Bonchev–Trinajstić information content (AvgIpc) is 3.23. The SMILES string of the molecule is NC(=O)c1cc(-c2ccccc2)cc2c([C@H]3CCS(=O)(=O)[C@@H](c4ccccc4)C3)c[nH]c12. The van der Waals surface area contributed by atoms with Gasteiger partial charge in [-0.25, -0.2) is 8.42 Å². The Balaban J connectivity index is 1.61. The number of carbonyl (C=O) groups excluding carboxylic acids is 1. The van der Waals surface area contributed by atoms with Crippen molar-refractivity contribution >= 4 is 26.6 Å². The van der Waals surface area contributed by atoms with Gasteiger partial charge in [-0.1, -0.05) is 60.7 Å². The van der Waals surface area contributed by atoms with Crippen LogP contribution in [0.1, 0.15) is 45.5 Å². The largest absolute Gasteiger partial charge is 0.366 e. The highest BCUT2D eigenvalue weighted by Gasteiger charge is 2.36. The Bertz CT molecular complexity index is 1390. The molecule has 0 unspecified atom stereocenters. The molecule has 1 saturated heterocycles. The summed E-state index contributed by atoms with van der Waals surface area (Å²) in [6, 6.07) is 23.2. The number of H-pyrrole nitrogens is 1. The summed E-state index contributed by atoms with van der Waals surface area (Å²) in [5.41, 5.74) is 10.6. The Morgan fingerprint density at radius 1 is 0.938 bits per heavy atom. The number of carbonyl (C=O) groups is 1. The summed E-state index contributed by atoms with van der Waals surface area (Å²) >= 11 is 0. The second-order valence-electron chi connectivity index (χ2n) is 8.41. The molecule has 0 spiro atoms. The van der Waals surface area contributed by atoms with E-state index in [9.17, 15) is 13.2 Å². The summed E-state index contributed by atoms with van der Waals surface area (Å²) in [7, 11) is -3.21. The van der Waals surface area contributed by atoms with E-state index in [0.29, 0.717) is 23.9 Å². The van der Waals surface area contributed by atoms with Gasteiger partial charge in [0.1, 0.15) is 0 Å². The number of sulfone groups is 1. The van der Waals surface area contributed by atoms with Crippen LogP contribution in [-0.4, -0.2) is 25.1 Å². The fraction of sp³-hybridized carbons (Fsp3) is 0.192. The first-order valence-corrected chi connectivity index (χ1v) is 12.4. The molecule has 6 heteroatoms. The number of aromatic amines is 1. The van der Waals surface area contributed by atoms with Crippen molar-refractivity contribution in [2.45, 2.75) is 24.0 Å². The molecule has 32 heavy (non-hydrogen) atoms. The summed E-state index contributed by atoms with van der Waals surface area (Å²) in [6.07, 6.45) is 2.98. The highest BCUT2D eigenvalue weighted by molar-refractivity contribution is 7.91. The molecule has 0 radical (unpaired) electrons. The Morgan fingerprint density at radius 3 is 2.31 bits per heavy atom. The van der Waals surface area contributed by atoms with E-state index in [1.165, 1.54) is 0 Å². The van der Waals surface area contributed by atoms with Crippen LogP contribution >= 0.6 is 0 Å². The maximum atomic E-state index is 12.9. The first-order valence-electron chi connectivity index (χ1n) is 10.7. The standard InChI is InChI=1S/C26H24N2O3S/c27-26(29)22-14-20(17-7-3-1-4-8-17)13-21-23(16-28-25(21)22)19-11-12-32(30,31)24(15-19)18-9-5-2-6-10-18/h1-10,13-14,16,19,24,28H,11-12,15H2,(H2,27,29)/t19-,24+/m0/s1. The third-order valence-electron chi connectivity index (χ3n) is 6.49. The molecule has 5 nitrogen and oxygen atoms in total. The van der Waals surface area contributed by atoms with Gasteiger partial charge >= 0.3 is 0 Å². The number of nitrogens with one attached hydrogen (secondary N) is 1. The molecule has 0 aliphatic carbocycles. The van der Waals surface area contributed by atoms with Crippen LogP contribution in [0.5, 0.6) is 0 Å². The van der Waals surface area contributed by atoms with E-state index in [0.717, 1.165) is 27.6 Å². The van der Waals surface area contributed by atoms with Crippen LogP contribution < -0.4 is 5.73 Å². The fourth-order valence-electron chi connectivity index (χ4n) is 4.85.